The van der Waals surface area contributed by atoms with Gasteiger partial charge < -0.3 is 10.6 Å². The van der Waals surface area contributed by atoms with Crippen LogP contribution >= 0.6 is 24.8 Å². The number of nitrogens with one attached hydrogen (secondary N) is 2. The first kappa shape index (κ1) is 20.4. The molecule has 0 saturated carbocycles. The molecule has 0 unspecified atom stereocenters. The molecule has 1 saturated heterocycles. The fraction of sp³-hybridized carbons (Fsp3) is 0.438. The topological polar surface area (TPSA) is 71.8 Å². The molecule has 1 aliphatic rings. The molecular formula is C16H23Cl2N5O. The number of rotatable bonds is 4. The molecule has 1 atom stereocenters. The smallest absolute Gasteiger partial charge is 0.255 e. The maximum Gasteiger partial charge on any atom is 0.255 e. The van der Waals surface area contributed by atoms with Gasteiger partial charge in [-0.25, -0.2) is 9.67 Å². The molecule has 0 radical (unpaired) electrons. The van der Waals surface area contributed by atoms with E-state index in [4.69, 9.17) is 0 Å². The van der Waals surface area contributed by atoms with E-state index >= 15 is 0 Å². The fourth-order valence-corrected chi connectivity index (χ4v) is 2.82. The Labute approximate surface area is 154 Å². The highest BCUT2D eigenvalue weighted by Crippen LogP contribution is 2.15. The van der Waals surface area contributed by atoms with Crippen LogP contribution in [0.15, 0.2) is 30.6 Å². The largest absolute Gasteiger partial charge is 0.348 e. The van der Waals surface area contributed by atoms with Crippen molar-refractivity contribution in [2.75, 3.05) is 13.1 Å². The van der Waals surface area contributed by atoms with Crippen LogP contribution in [0.2, 0.25) is 0 Å². The zero-order chi connectivity index (χ0) is 15.4. The summed E-state index contributed by atoms with van der Waals surface area (Å²) >= 11 is 0. The van der Waals surface area contributed by atoms with Gasteiger partial charge in [-0.2, -0.15) is 5.10 Å². The van der Waals surface area contributed by atoms with Crippen LogP contribution in [0.3, 0.4) is 0 Å². The lowest BCUT2D eigenvalue weighted by Crippen LogP contribution is -2.45. The van der Waals surface area contributed by atoms with Gasteiger partial charge in [0.15, 0.2) is 5.82 Å². The number of carbonyl (C=O) groups excluding carboxylic acids is 1. The molecule has 0 bridgehead atoms. The van der Waals surface area contributed by atoms with Crippen LogP contribution in [0.1, 0.15) is 35.8 Å². The van der Waals surface area contributed by atoms with E-state index in [-0.39, 0.29) is 36.8 Å². The van der Waals surface area contributed by atoms with Crippen molar-refractivity contribution >= 4 is 30.7 Å². The predicted molar refractivity (Wildman–Crippen MR) is 98.6 cm³/mol. The summed E-state index contributed by atoms with van der Waals surface area (Å²) in [5, 5.41) is 10.8. The van der Waals surface area contributed by atoms with Gasteiger partial charge in [0.1, 0.15) is 0 Å². The van der Waals surface area contributed by atoms with Gasteiger partial charge in [0.25, 0.3) is 5.91 Å². The minimum absolute atomic E-state index is 0. The van der Waals surface area contributed by atoms with Gasteiger partial charge in [-0.15, -0.1) is 24.8 Å². The maximum atomic E-state index is 12.5. The Hall–Kier alpha value is -1.63. The first-order chi connectivity index (χ1) is 10.8. The molecule has 0 aromatic carbocycles. The second-order valence-corrected chi connectivity index (χ2v) is 5.47. The van der Waals surface area contributed by atoms with Crippen molar-refractivity contribution in [2.45, 2.75) is 32.2 Å². The summed E-state index contributed by atoms with van der Waals surface area (Å²) in [5.41, 5.74) is 1.53. The van der Waals surface area contributed by atoms with E-state index in [0.717, 1.165) is 43.9 Å². The van der Waals surface area contributed by atoms with Gasteiger partial charge in [0.2, 0.25) is 0 Å². The SMILES string of the molecule is CCc1c(C(=O)N[C@H]2CCCNC2)cnn1-c1ccccn1.Cl.Cl. The molecule has 0 spiro atoms. The quantitative estimate of drug-likeness (QED) is 0.863. The number of carbonyl (C=O) groups is 1. The number of hydrogen-bond donors (Lipinski definition) is 2. The molecule has 0 aliphatic carbocycles. The second-order valence-electron chi connectivity index (χ2n) is 5.47. The van der Waals surface area contributed by atoms with E-state index in [1.165, 1.54) is 0 Å². The molecule has 1 amide bonds. The Morgan fingerprint density at radius 2 is 2.25 bits per heavy atom. The third-order valence-corrected chi connectivity index (χ3v) is 3.95. The minimum Gasteiger partial charge on any atom is -0.348 e. The second kappa shape index (κ2) is 9.61. The van der Waals surface area contributed by atoms with Gasteiger partial charge in [-0.1, -0.05) is 13.0 Å². The number of piperidine rings is 1. The molecule has 2 aromatic heterocycles. The number of nitrogens with zero attached hydrogens (tertiary/aromatic N) is 3. The van der Waals surface area contributed by atoms with Crippen LogP contribution in [-0.2, 0) is 6.42 Å². The monoisotopic (exact) mass is 371 g/mol. The first-order valence-corrected chi connectivity index (χ1v) is 7.79. The Balaban J connectivity index is 0.00000144. The van der Waals surface area contributed by atoms with Crippen LogP contribution in [0.25, 0.3) is 5.82 Å². The van der Waals surface area contributed by atoms with E-state index in [2.05, 4.69) is 20.7 Å². The lowest BCUT2D eigenvalue weighted by Gasteiger charge is -2.23. The average molecular weight is 372 g/mol. The molecule has 132 valence electrons. The highest BCUT2D eigenvalue weighted by molar-refractivity contribution is 5.95. The lowest BCUT2D eigenvalue weighted by atomic mass is 10.1. The van der Waals surface area contributed by atoms with E-state index < -0.39 is 0 Å². The van der Waals surface area contributed by atoms with Gasteiger partial charge >= 0.3 is 0 Å². The molecule has 8 heteroatoms. The van der Waals surface area contributed by atoms with Crippen molar-refractivity contribution in [1.82, 2.24) is 25.4 Å². The number of pyridine rings is 1. The number of hydrogen-bond acceptors (Lipinski definition) is 4. The summed E-state index contributed by atoms with van der Waals surface area (Å²) < 4.78 is 1.74. The van der Waals surface area contributed by atoms with Crippen molar-refractivity contribution in [3.8, 4) is 5.82 Å². The van der Waals surface area contributed by atoms with Crippen molar-refractivity contribution in [3.05, 3.63) is 41.9 Å². The predicted octanol–water partition coefficient (Wildman–Crippen LogP) is 2.16. The molecule has 3 heterocycles. The average Bonchev–Trinajstić information content (AvgIpc) is 3.00. The lowest BCUT2D eigenvalue weighted by molar-refractivity contribution is 0.0929. The van der Waals surface area contributed by atoms with Crippen molar-refractivity contribution in [2.24, 2.45) is 0 Å². The Bertz CT molecular complexity index is 641. The molecule has 24 heavy (non-hydrogen) atoms. The normalized spacial score (nSPS) is 16.6. The van der Waals surface area contributed by atoms with Crippen molar-refractivity contribution < 1.29 is 4.79 Å². The van der Waals surface area contributed by atoms with Crippen LogP contribution < -0.4 is 10.6 Å². The number of aromatic nitrogens is 3. The summed E-state index contributed by atoms with van der Waals surface area (Å²) in [7, 11) is 0. The summed E-state index contributed by atoms with van der Waals surface area (Å²) in [6, 6.07) is 5.86. The van der Waals surface area contributed by atoms with Gasteiger partial charge in [-0.05, 0) is 37.9 Å². The first-order valence-electron chi connectivity index (χ1n) is 7.79. The maximum absolute atomic E-state index is 12.5. The van der Waals surface area contributed by atoms with Crippen LogP contribution in [0, 0.1) is 0 Å². The number of amides is 1. The Morgan fingerprint density at radius 1 is 1.42 bits per heavy atom. The summed E-state index contributed by atoms with van der Waals surface area (Å²) in [4.78, 5) is 16.8. The highest BCUT2D eigenvalue weighted by atomic mass is 35.5. The van der Waals surface area contributed by atoms with E-state index in [1.54, 1.807) is 17.1 Å². The fourth-order valence-electron chi connectivity index (χ4n) is 2.82. The summed E-state index contributed by atoms with van der Waals surface area (Å²) in [6.45, 7) is 3.89. The molecule has 3 rings (SSSR count). The molecule has 2 N–H and O–H groups in total. The Morgan fingerprint density at radius 3 is 2.88 bits per heavy atom. The number of halogens is 2. The van der Waals surface area contributed by atoms with E-state index in [9.17, 15) is 4.79 Å². The van der Waals surface area contributed by atoms with E-state index in [1.807, 2.05) is 25.1 Å². The minimum atomic E-state index is -0.0484. The zero-order valence-electron chi connectivity index (χ0n) is 13.6. The van der Waals surface area contributed by atoms with Crippen LogP contribution in [0.4, 0.5) is 0 Å². The van der Waals surface area contributed by atoms with Gasteiger partial charge in [-0.3, -0.25) is 4.79 Å². The van der Waals surface area contributed by atoms with E-state index in [0.29, 0.717) is 5.56 Å². The van der Waals surface area contributed by atoms with Crippen molar-refractivity contribution in [3.63, 3.8) is 0 Å². The van der Waals surface area contributed by atoms with Crippen LogP contribution in [0.5, 0.6) is 0 Å². The standard InChI is InChI=1S/C16H21N5O.2ClH/c1-2-14-13(16(22)20-12-6-5-8-17-10-12)11-19-21(14)15-7-3-4-9-18-15;;/h3-4,7,9,11-12,17H,2,5-6,8,10H2,1H3,(H,20,22);2*1H/t12-;;/m0../s1. The zero-order valence-corrected chi connectivity index (χ0v) is 15.2. The third-order valence-electron chi connectivity index (χ3n) is 3.95. The van der Waals surface area contributed by atoms with Gasteiger partial charge in [0.05, 0.1) is 17.5 Å². The van der Waals surface area contributed by atoms with Crippen LogP contribution in [-0.4, -0.2) is 39.8 Å². The molecule has 1 fully saturated rings. The molecule has 2 aromatic rings. The van der Waals surface area contributed by atoms with Gasteiger partial charge in [0, 0.05) is 18.8 Å². The summed E-state index contributed by atoms with van der Waals surface area (Å²) in [5.74, 6) is 0.686. The Kier molecular flexibility index (Phi) is 8.18. The molecule has 6 nitrogen and oxygen atoms in total. The molecule has 1 aliphatic heterocycles. The molecular weight excluding hydrogens is 349 g/mol. The highest BCUT2D eigenvalue weighted by Gasteiger charge is 2.21. The summed E-state index contributed by atoms with van der Waals surface area (Å²) in [6.07, 6.45) is 6.21. The van der Waals surface area contributed by atoms with Crippen molar-refractivity contribution in [1.29, 1.82) is 0 Å². The third kappa shape index (κ3) is 4.47.